The van der Waals surface area contributed by atoms with Crippen molar-refractivity contribution in [3.63, 3.8) is 0 Å². The summed E-state index contributed by atoms with van der Waals surface area (Å²) in [6.45, 7) is 3.83. The molecule has 1 heterocycles. The lowest BCUT2D eigenvalue weighted by Crippen LogP contribution is -2.23. The van der Waals surface area contributed by atoms with Gasteiger partial charge in [0.2, 0.25) is 11.8 Å². The fraction of sp³-hybridized carbons (Fsp3) is 0.182. The number of carbonyl (C=O) groups is 3. The molecule has 30 heavy (non-hydrogen) atoms. The van der Waals surface area contributed by atoms with Gasteiger partial charge in [0, 0.05) is 56.3 Å². The van der Waals surface area contributed by atoms with E-state index in [-0.39, 0.29) is 17.7 Å². The summed E-state index contributed by atoms with van der Waals surface area (Å²) in [7, 11) is 0. The number of amides is 3. The van der Waals surface area contributed by atoms with E-state index in [9.17, 15) is 14.4 Å². The van der Waals surface area contributed by atoms with E-state index >= 15 is 0 Å². The first-order valence-corrected chi connectivity index (χ1v) is 9.41. The quantitative estimate of drug-likeness (QED) is 0.562. The first kappa shape index (κ1) is 20.8. The van der Waals surface area contributed by atoms with Crippen LogP contribution >= 0.6 is 0 Å². The number of hydrogen-bond acceptors (Lipinski definition) is 4. The van der Waals surface area contributed by atoms with Gasteiger partial charge in [-0.2, -0.15) is 0 Å². The van der Waals surface area contributed by atoms with Crippen LogP contribution < -0.4 is 16.0 Å². The summed E-state index contributed by atoms with van der Waals surface area (Å²) in [6, 6.07) is 12.7. The number of imidazole rings is 1. The minimum absolute atomic E-state index is 0.267. The molecule has 0 atom stereocenters. The molecule has 8 heteroatoms. The Balaban J connectivity index is 1.66. The van der Waals surface area contributed by atoms with Gasteiger partial charge in [0.15, 0.2) is 0 Å². The number of hydrogen-bond donors (Lipinski definition) is 3. The normalized spacial score (nSPS) is 10.3. The van der Waals surface area contributed by atoms with Crippen LogP contribution in [0.1, 0.15) is 35.3 Å². The van der Waals surface area contributed by atoms with Gasteiger partial charge in [0.25, 0.3) is 5.91 Å². The van der Waals surface area contributed by atoms with Crippen molar-refractivity contribution in [3.05, 3.63) is 77.9 Å². The van der Waals surface area contributed by atoms with Gasteiger partial charge in [0.05, 0.1) is 6.33 Å². The van der Waals surface area contributed by atoms with Gasteiger partial charge in [-0.05, 0) is 29.3 Å². The Morgan fingerprint density at radius 1 is 0.900 bits per heavy atom. The number of nitrogens with one attached hydrogen (secondary N) is 3. The van der Waals surface area contributed by atoms with E-state index in [1.807, 2.05) is 35.0 Å². The molecule has 3 aromatic rings. The highest BCUT2D eigenvalue weighted by Gasteiger charge is 2.11. The lowest BCUT2D eigenvalue weighted by Gasteiger charge is -2.11. The molecule has 0 fully saturated rings. The second kappa shape index (κ2) is 9.51. The maximum absolute atomic E-state index is 12.6. The lowest BCUT2D eigenvalue weighted by molar-refractivity contribution is -0.115. The Hall–Kier alpha value is -3.94. The predicted octanol–water partition coefficient (Wildman–Crippen LogP) is 2.78. The second-order valence-corrected chi connectivity index (χ2v) is 6.90. The monoisotopic (exact) mass is 405 g/mol. The summed E-state index contributed by atoms with van der Waals surface area (Å²) in [5.74, 6) is -0.842. The second-order valence-electron chi connectivity index (χ2n) is 6.90. The van der Waals surface area contributed by atoms with Crippen LogP contribution in [-0.2, 0) is 22.7 Å². The minimum Gasteiger partial charge on any atom is -0.348 e. The molecule has 0 spiro atoms. The van der Waals surface area contributed by atoms with Crippen LogP contribution in [0, 0.1) is 0 Å². The predicted molar refractivity (Wildman–Crippen MR) is 114 cm³/mol. The molecule has 0 saturated heterocycles. The number of benzene rings is 2. The maximum Gasteiger partial charge on any atom is 0.251 e. The standard InChI is InChI=1S/C22H23N5O3/c1-15(28)25-20-9-19(10-21(11-20)26-16(2)29)22(30)24-12-17-3-5-18(6-4-17)13-27-8-7-23-14-27/h3-11,14H,12-13H2,1-2H3,(H,24,30)(H,25,28)(H,26,29). The first-order chi connectivity index (χ1) is 14.4. The number of aromatic nitrogens is 2. The zero-order valence-electron chi connectivity index (χ0n) is 16.8. The van der Waals surface area contributed by atoms with E-state index in [0.717, 1.165) is 17.7 Å². The lowest BCUT2D eigenvalue weighted by atomic mass is 10.1. The molecule has 2 aromatic carbocycles. The van der Waals surface area contributed by atoms with Gasteiger partial charge in [-0.15, -0.1) is 0 Å². The van der Waals surface area contributed by atoms with Crippen molar-refractivity contribution in [3.8, 4) is 0 Å². The van der Waals surface area contributed by atoms with Gasteiger partial charge in [-0.1, -0.05) is 24.3 Å². The van der Waals surface area contributed by atoms with Crippen LogP contribution in [-0.4, -0.2) is 27.3 Å². The molecular formula is C22H23N5O3. The largest absolute Gasteiger partial charge is 0.348 e. The fourth-order valence-electron chi connectivity index (χ4n) is 2.95. The smallest absolute Gasteiger partial charge is 0.251 e. The molecule has 0 bridgehead atoms. The molecule has 1 aromatic heterocycles. The van der Waals surface area contributed by atoms with Gasteiger partial charge in [0.1, 0.15) is 0 Å². The number of carbonyl (C=O) groups excluding carboxylic acids is 3. The number of nitrogens with zero attached hydrogens (tertiary/aromatic N) is 2. The summed E-state index contributed by atoms with van der Waals surface area (Å²) in [5, 5.41) is 8.13. The van der Waals surface area contributed by atoms with Crippen molar-refractivity contribution >= 4 is 29.1 Å². The third-order valence-corrected chi connectivity index (χ3v) is 4.24. The average Bonchev–Trinajstić information content (AvgIpc) is 3.19. The highest BCUT2D eigenvalue weighted by atomic mass is 16.2. The summed E-state index contributed by atoms with van der Waals surface area (Å²) in [4.78, 5) is 39.4. The molecule has 3 amide bonds. The summed E-state index contributed by atoms with van der Waals surface area (Å²) in [5.41, 5.74) is 3.29. The molecule has 0 aliphatic carbocycles. The Morgan fingerprint density at radius 2 is 1.50 bits per heavy atom. The Morgan fingerprint density at radius 3 is 2.03 bits per heavy atom. The summed E-state index contributed by atoms with van der Waals surface area (Å²) >= 11 is 0. The zero-order chi connectivity index (χ0) is 21.5. The molecule has 154 valence electrons. The van der Waals surface area contributed by atoms with Crippen molar-refractivity contribution < 1.29 is 14.4 Å². The molecule has 8 nitrogen and oxygen atoms in total. The van der Waals surface area contributed by atoms with Gasteiger partial charge in [-0.3, -0.25) is 14.4 Å². The van der Waals surface area contributed by atoms with E-state index in [1.54, 1.807) is 30.7 Å². The van der Waals surface area contributed by atoms with Crippen LogP contribution in [0.25, 0.3) is 0 Å². The fourth-order valence-corrected chi connectivity index (χ4v) is 2.95. The third-order valence-electron chi connectivity index (χ3n) is 4.24. The topological polar surface area (TPSA) is 105 Å². The average molecular weight is 405 g/mol. The van der Waals surface area contributed by atoms with Crippen molar-refractivity contribution in [1.29, 1.82) is 0 Å². The van der Waals surface area contributed by atoms with Crippen molar-refractivity contribution in [2.45, 2.75) is 26.9 Å². The van der Waals surface area contributed by atoms with Crippen LogP contribution in [0.15, 0.2) is 61.2 Å². The Kier molecular flexibility index (Phi) is 6.59. The van der Waals surface area contributed by atoms with Crippen LogP contribution in [0.3, 0.4) is 0 Å². The zero-order valence-corrected chi connectivity index (χ0v) is 16.8. The molecule has 0 saturated carbocycles. The van der Waals surface area contributed by atoms with E-state index in [4.69, 9.17) is 0 Å². The SMILES string of the molecule is CC(=O)Nc1cc(NC(C)=O)cc(C(=O)NCc2ccc(Cn3ccnc3)cc2)c1. The maximum atomic E-state index is 12.6. The van der Waals surface area contributed by atoms with Gasteiger partial charge >= 0.3 is 0 Å². The Bertz CT molecular complexity index is 1010. The third kappa shape index (κ3) is 6.03. The van der Waals surface area contributed by atoms with Crippen molar-refractivity contribution in [2.24, 2.45) is 0 Å². The molecule has 3 rings (SSSR count). The molecular weight excluding hydrogens is 382 g/mol. The summed E-state index contributed by atoms with van der Waals surface area (Å²) < 4.78 is 1.98. The Labute approximate surface area is 174 Å². The van der Waals surface area contributed by atoms with Crippen LogP contribution in [0.4, 0.5) is 11.4 Å². The molecule has 0 aliphatic heterocycles. The van der Waals surface area contributed by atoms with Crippen LogP contribution in [0.5, 0.6) is 0 Å². The highest BCUT2D eigenvalue weighted by molar-refractivity contribution is 5.99. The number of anilines is 2. The first-order valence-electron chi connectivity index (χ1n) is 9.41. The molecule has 0 unspecified atom stereocenters. The van der Waals surface area contributed by atoms with Gasteiger partial charge < -0.3 is 20.5 Å². The molecule has 3 N–H and O–H groups in total. The molecule has 0 aliphatic rings. The number of rotatable bonds is 7. The minimum atomic E-state index is -0.309. The highest BCUT2D eigenvalue weighted by Crippen LogP contribution is 2.19. The van der Waals surface area contributed by atoms with Crippen molar-refractivity contribution in [1.82, 2.24) is 14.9 Å². The van der Waals surface area contributed by atoms with E-state index < -0.39 is 0 Å². The van der Waals surface area contributed by atoms with E-state index in [0.29, 0.717) is 23.5 Å². The van der Waals surface area contributed by atoms with E-state index in [2.05, 4.69) is 20.9 Å². The van der Waals surface area contributed by atoms with E-state index in [1.165, 1.54) is 13.8 Å². The molecule has 0 radical (unpaired) electrons. The van der Waals surface area contributed by atoms with Crippen molar-refractivity contribution in [2.75, 3.05) is 10.6 Å². The van der Waals surface area contributed by atoms with Crippen LogP contribution in [0.2, 0.25) is 0 Å². The van der Waals surface area contributed by atoms with Gasteiger partial charge in [-0.25, -0.2) is 4.98 Å². The summed E-state index contributed by atoms with van der Waals surface area (Å²) in [6.07, 6.45) is 5.40.